The number of anilines is 2. The van der Waals surface area contributed by atoms with Crippen molar-refractivity contribution in [3.63, 3.8) is 0 Å². The van der Waals surface area contributed by atoms with E-state index >= 15 is 0 Å². The number of furan rings is 1. The Morgan fingerprint density at radius 2 is 1.71 bits per heavy atom. The quantitative estimate of drug-likeness (QED) is 0.279. The number of carbonyl (C=O) groups excluding carboxylic acids is 1. The molecule has 0 saturated heterocycles. The Morgan fingerprint density at radius 1 is 1.03 bits per heavy atom. The average Bonchev–Trinajstić information content (AvgIpc) is 3.20. The third-order valence-corrected chi connectivity index (χ3v) is 5.15. The van der Waals surface area contributed by atoms with Gasteiger partial charge in [-0.15, -0.1) is 11.8 Å². The van der Waals surface area contributed by atoms with Gasteiger partial charge in [-0.05, 0) is 72.5 Å². The molecule has 31 heavy (non-hydrogen) atoms. The van der Waals surface area contributed by atoms with Crippen molar-refractivity contribution >= 4 is 40.0 Å². The molecule has 5 nitrogen and oxygen atoms in total. The molecule has 0 radical (unpaired) electrons. The summed E-state index contributed by atoms with van der Waals surface area (Å²) >= 11 is 1.62. The predicted molar refractivity (Wildman–Crippen MR) is 127 cm³/mol. The SMILES string of the molecule is CCN.CSc1ccc2oc(C(=O)Nc3cc(-c4ccc(F)cc4)ccc3N)cc2c1. The number of nitrogens with two attached hydrogens (primary N) is 2. The number of hydrogen-bond acceptors (Lipinski definition) is 5. The van der Waals surface area contributed by atoms with Gasteiger partial charge in [0, 0.05) is 10.3 Å². The number of amides is 1. The first-order chi connectivity index (χ1) is 14.9. The molecule has 0 aliphatic carbocycles. The van der Waals surface area contributed by atoms with Crippen LogP contribution in [0.5, 0.6) is 0 Å². The van der Waals surface area contributed by atoms with E-state index in [4.69, 9.17) is 15.9 Å². The highest BCUT2D eigenvalue weighted by molar-refractivity contribution is 7.98. The zero-order valence-electron chi connectivity index (χ0n) is 17.3. The molecule has 4 aromatic rings. The Hall–Kier alpha value is -3.29. The molecule has 5 N–H and O–H groups in total. The van der Waals surface area contributed by atoms with Gasteiger partial charge in [-0.25, -0.2) is 4.39 Å². The van der Waals surface area contributed by atoms with Crippen molar-refractivity contribution in [2.45, 2.75) is 11.8 Å². The van der Waals surface area contributed by atoms with Crippen LogP contribution < -0.4 is 16.8 Å². The van der Waals surface area contributed by atoms with Crippen LogP contribution in [0.25, 0.3) is 22.1 Å². The van der Waals surface area contributed by atoms with Gasteiger partial charge in [-0.3, -0.25) is 4.79 Å². The van der Waals surface area contributed by atoms with Gasteiger partial charge in [-0.1, -0.05) is 25.1 Å². The van der Waals surface area contributed by atoms with Crippen LogP contribution in [0.4, 0.5) is 15.8 Å². The molecular formula is C24H24FN3O2S. The smallest absolute Gasteiger partial charge is 0.291 e. The minimum atomic E-state index is -0.384. The van der Waals surface area contributed by atoms with Gasteiger partial charge in [0.2, 0.25) is 0 Å². The van der Waals surface area contributed by atoms with Crippen LogP contribution >= 0.6 is 11.8 Å². The Morgan fingerprint density at radius 3 is 2.39 bits per heavy atom. The van der Waals surface area contributed by atoms with Crippen LogP contribution in [0.1, 0.15) is 17.5 Å². The number of halogens is 1. The molecule has 0 fully saturated rings. The summed E-state index contributed by atoms with van der Waals surface area (Å²) in [7, 11) is 0. The fourth-order valence-electron chi connectivity index (χ4n) is 2.93. The molecule has 1 heterocycles. The molecule has 0 atom stereocenters. The molecule has 4 rings (SSSR count). The average molecular weight is 438 g/mol. The Balaban J connectivity index is 0.000000858. The summed E-state index contributed by atoms with van der Waals surface area (Å²) < 4.78 is 18.8. The number of benzene rings is 3. The lowest BCUT2D eigenvalue weighted by Crippen LogP contribution is -2.12. The number of fused-ring (bicyclic) bond motifs is 1. The van der Waals surface area contributed by atoms with Crippen LogP contribution in [-0.2, 0) is 0 Å². The van der Waals surface area contributed by atoms with Crippen LogP contribution in [0.15, 0.2) is 76.0 Å². The van der Waals surface area contributed by atoms with E-state index in [1.165, 1.54) is 12.1 Å². The molecule has 0 aliphatic heterocycles. The van der Waals surface area contributed by atoms with Crippen molar-refractivity contribution in [1.82, 2.24) is 0 Å². The first-order valence-electron chi connectivity index (χ1n) is 9.69. The summed E-state index contributed by atoms with van der Waals surface area (Å²) in [6, 6.07) is 18.9. The lowest BCUT2D eigenvalue weighted by atomic mass is 10.0. The van der Waals surface area contributed by atoms with Gasteiger partial charge in [0.1, 0.15) is 11.4 Å². The second-order valence-corrected chi connectivity index (χ2v) is 7.57. The predicted octanol–water partition coefficient (Wildman–Crippen LogP) is 5.76. The molecule has 1 amide bonds. The molecular weight excluding hydrogens is 413 g/mol. The Kier molecular flexibility index (Phi) is 7.33. The van der Waals surface area contributed by atoms with Crippen LogP contribution in [0, 0.1) is 5.82 Å². The van der Waals surface area contributed by atoms with Gasteiger partial charge in [0.15, 0.2) is 5.76 Å². The maximum absolute atomic E-state index is 13.2. The van der Waals surface area contributed by atoms with E-state index in [1.54, 1.807) is 42.1 Å². The summed E-state index contributed by atoms with van der Waals surface area (Å²) in [6.45, 7) is 2.65. The van der Waals surface area contributed by atoms with E-state index in [2.05, 4.69) is 5.32 Å². The van der Waals surface area contributed by atoms with Gasteiger partial charge in [0.05, 0.1) is 11.4 Å². The number of nitrogens with one attached hydrogen (secondary N) is 1. The largest absolute Gasteiger partial charge is 0.451 e. The third kappa shape index (κ3) is 5.45. The van der Waals surface area contributed by atoms with Gasteiger partial charge >= 0.3 is 0 Å². The monoisotopic (exact) mass is 437 g/mol. The number of nitrogen functional groups attached to an aromatic ring is 1. The third-order valence-electron chi connectivity index (χ3n) is 4.43. The number of carbonyl (C=O) groups is 1. The lowest BCUT2D eigenvalue weighted by Gasteiger charge is -2.10. The molecule has 3 aromatic carbocycles. The molecule has 0 spiro atoms. The zero-order chi connectivity index (χ0) is 22.4. The second-order valence-electron chi connectivity index (χ2n) is 6.69. The number of thioether (sulfide) groups is 1. The fraction of sp³-hybridized carbons (Fsp3) is 0.125. The van der Waals surface area contributed by atoms with E-state index in [9.17, 15) is 9.18 Å². The van der Waals surface area contributed by atoms with E-state index in [0.29, 0.717) is 17.0 Å². The molecule has 0 unspecified atom stereocenters. The van der Waals surface area contributed by atoms with Crippen molar-refractivity contribution in [3.8, 4) is 11.1 Å². The van der Waals surface area contributed by atoms with Crippen molar-refractivity contribution in [1.29, 1.82) is 0 Å². The molecule has 7 heteroatoms. The Bertz CT molecular complexity index is 1190. The summed E-state index contributed by atoms with van der Waals surface area (Å²) in [4.78, 5) is 13.8. The van der Waals surface area contributed by atoms with Crippen molar-refractivity contribution < 1.29 is 13.6 Å². The maximum Gasteiger partial charge on any atom is 0.291 e. The van der Waals surface area contributed by atoms with Gasteiger partial charge in [0.25, 0.3) is 5.91 Å². The minimum absolute atomic E-state index is 0.208. The summed E-state index contributed by atoms with van der Waals surface area (Å²) in [5, 5.41) is 3.67. The van der Waals surface area contributed by atoms with Gasteiger partial charge < -0.3 is 21.2 Å². The lowest BCUT2D eigenvalue weighted by molar-refractivity contribution is 0.0999. The minimum Gasteiger partial charge on any atom is -0.451 e. The normalized spacial score (nSPS) is 10.5. The number of rotatable bonds is 4. The standard InChI is InChI=1S/C22H17FN2O2S.C2H7N/c1-28-17-7-9-20-15(10-17)12-21(27-20)22(26)25-19-11-14(4-8-18(19)24)13-2-5-16(23)6-3-13;1-2-3/h2-12H,24H2,1H3,(H,25,26);2-3H2,1H3. The number of hydrogen-bond donors (Lipinski definition) is 3. The van der Waals surface area contributed by atoms with Gasteiger partial charge in [-0.2, -0.15) is 0 Å². The van der Waals surface area contributed by atoms with Crippen molar-refractivity contribution in [2.75, 3.05) is 23.9 Å². The molecule has 1 aromatic heterocycles. The van der Waals surface area contributed by atoms with Crippen molar-refractivity contribution in [3.05, 3.63) is 78.3 Å². The molecule has 0 saturated carbocycles. The topological polar surface area (TPSA) is 94.3 Å². The highest BCUT2D eigenvalue weighted by Crippen LogP contribution is 2.29. The highest BCUT2D eigenvalue weighted by Gasteiger charge is 2.15. The second kappa shape index (κ2) is 10.1. The molecule has 0 aliphatic rings. The highest BCUT2D eigenvalue weighted by atomic mass is 32.2. The Labute approximate surface area is 184 Å². The van der Waals surface area contributed by atoms with Crippen LogP contribution in [-0.4, -0.2) is 18.7 Å². The van der Waals surface area contributed by atoms with Crippen molar-refractivity contribution in [2.24, 2.45) is 5.73 Å². The zero-order valence-corrected chi connectivity index (χ0v) is 18.1. The fourth-order valence-corrected chi connectivity index (χ4v) is 3.38. The summed E-state index contributed by atoms with van der Waals surface area (Å²) in [5.41, 5.74) is 14.1. The van der Waals surface area contributed by atoms with E-state index in [-0.39, 0.29) is 17.5 Å². The van der Waals surface area contributed by atoms with Crippen LogP contribution in [0.3, 0.4) is 0 Å². The van der Waals surface area contributed by atoms with Crippen LogP contribution in [0.2, 0.25) is 0 Å². The first kappa shape index (κ1) is 22.4. The van der Waals surface area contributed by atoms with E-state index in [0.717, 1.165) is 28.0 Å². The van der Waals surface area contributed by atoms with E-state index in [1.807, 2.05) is 37.4 Å². The first-order valence-corrected chi connectivity index (χ1v) is 10.9. The van der Waals surface area contributed by atoms with E-state index < -0.39 is 0 Å². The molecule has 160 valence electrons. The maximum atomic E-state index is 13.2. The summed E-state index contributed by atoms with van der Waals surface area (Å²) in [6.07, 6.45) is 1.99. The molecule has 0 bridgehead atoms. The summed E-state index contributed by atoms with van der Waals surface area (Å²) in [5.74, 6) is -0.480.